The molecule has 0 spiro atoms. The van der Waals surface area contributed by atoms with E-state index in [-0.39, 0.29) is 5.56 Å². The standard InChI is InChI=1S/C13H12BrN3O2/c1-7-3-11(12(13(15)18)8(2)17-7)19-10-4-9(14)5-16-6-10/h3-6H,1-2H3,(H2,15,18). The highest BCUT2D eigenvalue weighted by atomic mass is 79.9. The summed E-state index contributed by atoms with van der Waals surface area (Å²) in [6.07, 6.45) is 3.20. The van der Waals surface area contributed by atoms with Crippen LogP contribution in [0.1, 0.15) is 21.7 Å². The molecule has 0 aliphatic rings. The Morgan fingerprint density at radius 3 is 2.68 bits per heavy atom. The maximum Gasteiger partial charge on any atom is 0.254 e. The highest BCUT2D eigenvalue weighted by molar-refractivity contribution is 9.10. The number of rotatable bonds is 3. The first-order valence-corrected chi connectivity index (χ1v) is 6.33. The molecule has 0 atom stereocenters. The first-order chi connectivity index (χ1) is 8.97. The van der Waals surface area contributed by atoms with E-state index in [0.717, 1.165) is 10.2 Å². The molecular formula is C13H12BrN3O2. The Morgan fingerprint density at radius 1 is 1.32 bits per heavy atom. The van der Waals surface area contributed by atoms with Gasteiger partial charge in [-0.05, 0) is 35.8 Å². The molecule has 0 bridgehead atoms. The fraction of sp³-hybridized carbons (Fsp3) is 0.154. The first-order valence-electron chi connectivity index (χ1n) is 5.54. The molecule has 2 N–H and O–H groups in total. The zero-order chi connectivity index (χ0) is 14.0. The van der Waals surface area contributed by atoms with Crippen molar-refractivity contribution in [3.05, 3.63) is 46.0 Å². The molecule has 98 valence electrons. The third kappa shape index (κ3) is 3.08. The summed E-state index contributed by atoms with van der Waals surface area (Å²) in [5.41, 5.74) is 6.95. The Bertz CT molecular complexity index is 644. The Labute approximate surface area is 119 Å². The van der Waals surface area contributed by atoms with Crippen LogP contribution in [0.2, 0.25) is 0 Å². The number of carbonyl (C=O) groups is 1. The fourth-order valence-corrected chi connectivity index (χ4v) is 2.09. The quantitative estimate of drug-likeness (QED) is 0.942. The van der Waals surface area contributed by atoms with Crippen molar-refractivity contribution in [2.45, 2.75) is 13.8 Å². The summed E-state index contributed by atoms with van der Waals surface area (Å²) in [7, 11) is 0. The average molecular weight is 322 g/mol. The van der Waals surface area contributed by atoms with Gasteiger partial charge in [0.2, 0.25) is 0 Å². The molecule has 2 rings (SSSR count). The third-order valence-corrected chi connectivity index (χ3v) is 2.88. The third-order valence-electron chi connectivity index (χ3n) is 2.45. The number of ether oxygens (including phenoxy) is 1. The lowest BCUT2D eigenvalue weighted by Gasteiger charge is -2.11. The van der Waals surface area contributed by atoms with Crippen molar-refractivity contribution in [3.8, 4) is 11.5 Å². The van der Waals surface area contributed by atoms with Gasteiger partial charge in [-0.3, -0.25) is 14.8 Å². The highest BCUT2D eigenvalue weighted by Gasteiger charge is 2.15. The molecule has 0 aliphatic heterocycles. The maximum absolute atomic E-state index is 11.5. The number of aryl methyl sites for hydroxylation is 2. The lowest BCUT2D eigenvalue weighted by molar-refractivity contribution is 0.0997. The molecule has 19 heavy (non-hydrogen) atoms. The smallest absolute Gasteiger partial charge is 0.254 e. The first kappa shape index (κ1) is 13.5. The minimum Gasteiger partial charge on any atom is -0.455 e. The van der Waals surface area contributed by atoms with Gasteiger partial charge in [-0.25, -0.2) is 0 Å². The summed E-state index contributed by atoms with van der Waals surface area (Å²) in [4.78, 5) is 19.7. The van der Waals surface area contributed by atoms with E-state index < -0.39 is 5.91 Å². The summed E-state index contributed by atoms with van der Waals surface area (Å²) in [6.45, 7) is 3.54. The number of hydrogen-bond donors (Lipinski definition) is 1. The normalized spacial score (nSPS) is 10.3. The van der Waals surface area contributed by atoms with Gasteiger partial charge in [-0.15, -0.1) is 0 Å². The van der Waals surface area contributed by atoms with Gasteiger partial charge in [0.05, 0.1) is 11.9 Å². The van der Waals surface area contributed by atoms with Gasteiger partial charge >= 0.3 is 0 Å². The van der Waals surface area contributed by atoms with Crippen LogP contribution in [0.3, 0.4) is 0 Å². The van der Waals surface area contributed by atoms with Gasteiger partial charge in [-0.2, -0.15) is 0 Å². The molecule has 0 saturated carbocycles. The largest absolute Gasteiger partial charge is 0.455 e. The lowest BCUT2D eigenvalue weighted by Crippen LogP contribution is -2.15. The monoisotopic (exact) mass is 321 g/mol. The number of primary amides is 1. The SMILES string of the molecule is Cc1cc(Oc2cncc(Br)c2)c(C(N)=O)c(C)n1. The molecule has 5 nitrogen and oxygen atoms in total. The Morgan fingerprint density at radius 2 is 2.05 bits per heavy atom. The van der Waals surface area contributed by atoms with E-state index in [4.69, 9.17) is 10.5 Å². The summed E-state index contributed by atoms with van der Waals surface area (Å²) in [5, 5.41) is 0. The van der Waals surface area contributed by atoms with Crippen LogP contribution in [0.5, 0.6) is 11.5 Å². The van der Waals surface area contributed by atoms with Gasteiger partial charge in [0.1, 0.15) is 17.1 Å². The van der Waals surface area contributed by atoms with Crippen LogP contribution in [0, 0.1) is 13.8 Å². The number of amides is 1. The molecule has 1 amide bonds. The van der Waals surface area contributed by atoms with Crippen molar-refractivity contribution in [3.63, 3.8) is 0 Å². The summed E-state index contributed by atoms with van der Waals surface area (Å²) in [5.74, 6) is 0.335. The fourth-order valence-electron chi connectivity index (χ4n) is 1.75. The predicted molar refractivity (Wildman–Crippen MR) is 74.2 cm³/mol. The van der Waals surface area contributed by atoms with Crippen molar-refractivity contribution in [1.29, 1.82) is 0 Å². The van der Waals surface area contributed by atoms with E-state index >= 15 is 0 Å². The predicted octanol–water partition coefficient (Wildman–Crippen LogP) is 2.75. The summed E-state index contributed by atoms with van der Waals surface area (Å²) < 4.78 is 6.47. The van der Waals surface area contributed by atoms with Gasteiger partial charge in [0.25, 0.3) is 5.91 Å². The van der Waals surface area contributed by atoms with Crippen LogP contribution in [-0.2, 0) is 0 Å². The number of carbonyl (C=O) groups excluding carboxylic acids is 1. The van der Waals surface area contributed by atoms with E-state index in [9.17, 15) is 4.79 Å². The Hall–Kier alpha value is -1.95. The minimum absolute atomic E-state index is 0.283. The van der Waals surface area contributed by atoms with Crippen LogP contribution in [0.25, 0.3) is 0 Å². The number of pyridine rings is 2. The van der Waals surface area contributed by atoms with E-state index in [1.807, 2.05) is 6.92 Å². The van der Waals surface area contributed by atoms with Crippen LogP contribution < -0.4 is 10.5 Å². The lowest BCUT2D eigenvalue weighted by atomic mass is 10.1. The second-order valence-corrected chi connectivity index (χ2v) is 4.94. The minimum atomic E-state index is -0.567. The van der Waals surface area contributed by atoms with E-state index in [1.54, 1.807) is 31.5 Å². The zero-order valence-electron chi connectivity index (χ0n) is 10.5. The van der Waals surface area contributed by atoms with Crippen LogP contribution in [0.4, 0.5) is 0 Å². The van der Waals surface area contributed by atoms with E-state index in [2.05, 4.69) is 25.9 Å². The second kappa shape index (κ2) is 5.36. The molecule has 2 aromatic rings. The molecular weight excluding hydrogens is 310 g/mol. The second-order valence-electron chi connectivity index (χ2n) is 4.03. The summed E-state index contributed by atoms with van der Waals surface area (Å²) >= 11 is 3.31. The zero-order valence-corrected chi connectivity index (χ0v) is 12.1. The van der Waals surface area contributed by atoms with Crippen molar-refractivity contribution >= 4 is 21.8 Å². The molecule has 2 aromatic heterocycles. The van der Waals surface area contributed by atoms with Crippen molar-refractivity contribution < 1.29 is 9.53 Å². The molecule has 0 fully saturated rings. The molecule has 0 aliphatic carbocycles. The van der Waals surface area contributed by atoms with Gasteiger partial charge in [0, 0.05) is 22.4 Å². The number of nitrogens with two attached hydrogens (primary N) is 1. The Kier molecular flexibility index (Phi) is 3.80. The highest BCUT2D eigenvalue weighted by Crippen LogP contribution is 2.28. The van der Waals surface area contributed by atoms with Crippen LogP contribution in [-0.4, -0.2) is 15.9 Å². The molecule has 0 aromatic carbocycles. The van der Waals surface area contributed by atoms with Crippen molar-refractivity contribution in [1.82, 2.24) is 9.97 Å². The number of nitrogens with zero attached hydrogens (tertiary/aromatic N) is 2. The molecule has 6 heteroatoms. The summed E-state index contributed by atoms with van der Waals surface area (Å²) in [6, 6.07) is 3.43. The Balaban J connectivity index is 2.47. The molecule has 2 heterocycles. The van der Waals surface area contributed by atoms with Gasteiger partial charge in [-0.1, -0.05) is 0 Å². The van der Waals surface area contributed by atoms with Crippen LogP contribution >= 0.6 is 15.9 Å². The average Bonchev–Trinajstić information content (AvgIpc) is 2.26. The van der Waals surface area contributed by atoms with Gasteiger partial charge in [0.15, 0.2) is 0 Å². The topological polar surface area (TPSA) is 78.1 Å². The number of aromatic nitrogens is 2. The van der Waals surface area contributed by atoms with Crippen LogP contribution in [0.15, 0.2) is 29.0 Å². The number of halogens is 1. The van der Waals surface area contributed by atoms with Gasteiger partial charge < -0.3 is 10.5 Å². The number of hydrogen-bond acceptors (Lipinski definition) is 4. The van der Waals surface area contributed by atoms with Crippen molar-refractivity contribution in [2.24, 2.45) is 5.73 Å². The molecule has 0 unspecified atom stereocenters. The van der Waals surface area contributed by atoms with Crippen molar-refractivity contribution in [2.75, 3.05) is 0 Å². The maximum atomic E-state index is 11.5. The van der Waals surface area contributed by atoms with E-state index in [1.165, 1.54) is 0 Å². The van der Waals surface area contributed by atoms with E-state index in [0.29, 0.717) is 17.2 Å². The molecule has 0 radical (unpaired) electrons. The molecule has 0 saturated heterocycles.